The molecule has 0 fully saturated rings. The Morgan fingerprint density at radius 2 is 1.70 bits per heavy atom. The van der Waals surface area contributed by atoms with E-state index in [0.717, 1.165) is 17.5 Å². The molecule has 1 aliphatic heterocycles. The van der Waals surface area contributed by atoms with Crippen molar-refractivity contribution in [2.24, 2.45) is 5.92 Å². The molecule has 106 valence electrons. The molecule has 1 unspecified atom stereocenters. The Morgan fingerprint density at radius 1 is 1.10 bits per heavy atom. The molecular formula is C16H19NO3. The van der Waals surface area contributed by atoms with Crippen LogP contribution in [0, 0.1) is 5.92 Å². The van der Waals surface area contributed by atoms with Gasteiger partial charge in [-0.2, -0.15) is 0 Å². The van der Waals surface area contributed by atoms with E-state index < -0.39 is 12.0 Å². The van der Waals surface area contributed by atoms with Crippen LogP contribution in [0.25, 0.3) is 0 Å². The second kappa shape index (κ2) is 5.57. The number of hydrogen-bond donors (Lipinski definition) is 0. The molecule has 0 N–H and O–H groups in total. The minimum absolute atomic E-state index is 0.1000. The maximum absolute atomic E-state index is 11.9. The SMILES string of the molecule is CC(=O)C(C(C)=O)C1c2ccccc2CCN1C(C)=O. The number of benzene rings is 1. The van der Waals surface area contributed by atoms with E-state index in [0.29, 0.717) is 6.54 Å². The summed E-state index contributed by atoms with van der Waals surface area (Å²) in [6, 6.07) is 7.26. The van der Waals surface area contributed by atoms with E-state index >= 15 is 0 Å². The van der Waals surface area contributed by atoms with E-state index in [2.05, 4.69) is 0 Å². The number of fused-ring (bicyclic) bond motifs is 1. The third kappa shape index (κ3) is 2.50. The monoisotopic (exact) mass is 273 g/mol. The summed E-state index contributed by atoms with van der Waals surface area (Å²) in [4.78, 5) is 37.3. The highest BCUT2D eigenvalue weighted by atomic mass is 16.2. The first-order chi connectivity index (χ1) is 9.43. The van der Waals surface area contributed by atoms with Crippen LogP contribution in [0.1, 0.15) is 37.9 Å². The van der Waals surface area contributed by atoms with Crippen LogP contribution in [-0.4, -0.2) is 28.9 Å². The molecule has 1 aliphatic rings. The summed E-state index contributed by atoms with van der Waals surface area (Å²) in [5.74, 6) is -1.26. The van der Waals surface area contributed by atoms with Crippen molar-refractivity contribution in [3.05, 3.63) is 35.4 Å². The average molecular weight is 273 g/mol. The molecule has 2 rings (SSSR count). The summed E-state index contributed by atoms with van der Waals surface area (Å²) in [6.45, 7) is 4.87. The van der Waals surface area contributed by atoms with Crippen molar-refractivity contribution >= 4 is 17.5 Å². The van der Waals surface area contributed by atoms with Crippen molar-refractivity contribution in [1.82, 2.24) is 4.90 Å². The quantitative estimate of drug-likeness (QED) is 0.791. The lowest BCUT2D eigenvalue weighted by molar-refractivity contribution is -0.139. The van der Waals surface area contributed by atoms with Gasteiger partial charge in [0.15, 0.2) is 0 Å². The van der Waals surface area contributed by atoms with Crippen LogP contribution in [0.3, 0.4) is 0 Å². The highest BCUT2D eigenvalue weighted by Gasteiger charge is 2.39. The Labute approximate surface area is 118 Å². The summed E-state index contributed by atoms with van der Waals surface area (Å²) in [5, 5.41) is 0. The zero-order valence-electron chi connectivity index (χ0n) is 12.1. The predicted molar refractivity (Wildman–Crippen MR) is 75.1 cm³/mol. The Balaban J connectivity index is 2.56. The highest BCUT2D eigenvalue weighted by Crippen LogP contribution is 2.36. The molecule has 20 heavy (non-hydrogen) atoms. The fourth-order valence-corrected chi connectivity index (χ4v) is 3.04. The third-order valence-electron chi connectivity index (χ3n) is 3.93. The van der Waals surface area contributed by atoms with Crippen LogP contribution in [-0.2, 0) is 20.8 Å². The van der Waals surface area contributed by atoms with Crippen LogP contribution >= 0.6 is 0 Å². The smallest absolute Gasteiger partial charge is 0.220 e. The molecule has 0 spiro atoms. The van der Waals surface area contributed by atoms with Crippen molar-refractivity contribution < 1.29 is 14.4 Å². The minimum atomic E-state index is -0.777. The van der Waals surface area contributed by atoms with E-state index in [1.807, 2.05) is 24.3 Å². The fraction of sp³-hybridized carbons (Fsp3) is 0.438. The largest absolute Gasteiger partial charge is 0.334 e. The lowest BCUT2D eigenvalue weighted by Crippen LogP contribution is -2.45. The molecule has 0 aliphatic carbocycles. The Kier molecular flexibility index (Phi) is 4.02. The van der Waals surface area contributed by atoms with E-state index in [4.69, 9.17) is 0 Å². The van der Waals surface area contributed by atoms with Gasteiger partial charge in [-0.05, 0) is 31.4 Å². The third-order valence-corrected chi connectivity index (χ3v) is 3.93. The van der Waals surface area contributed by atoms with Gasteiger partial charge in [0.05, 0.1) is 6.04 Å². The number of hydrogen-bond acceptors (Lipinski definition) is 3. The molecular weight excluding hydrogens is 254 g/mol. The van der Waals surface area contributed by atoms with Crippen molar-refractivity contribution in [2.75, 3.05) is 6.54 Å². The van der Waals surface area contributed by atoms with Gasteiger partial charge in [-0.15, -0.1) is 0 Å². The standard InChI is InChI=1S/C16H19NO3/c1-10(18)15(11(2)19)16-14-7-5-4-6-13(14)8-9-17(16)12(3)20/h4-7,15-16H,8-9H2,1-3H3. The molecule has 4 heteroatoms. The van der Waals surface area contributed by atoms with Crippen LogP contribution < -0.4 is 0 Å². The first-order valence-electron chi connectivity index (χ1n) is 6.79. The second-order valence-corrected chi connectivity index (χ2v) is 5.31. The topological polar surface area (TPSA) is 54.5 Å². The van der Waals surface area contributed by atoms with Crippen molar-refractivity contribution in [1.29, 1.82) is 0 Å². The average Bonchev–Trinajstić information content (AvgIpc) is 2.37. The molecule has 1 amide bonds. The molecule has 0 saturated carbocycles. The van der Waals surface area contributed by atoms with Gasteiger partial charge in [0.1, 0.15) is 17.5 Å². The molecule has 0 aromatic heterocycles. The number of ketones is 2. The fourth-order valence-electron chi connectivity index (χ4n) is 3.04. The summed E-state index contributed by atoms with van der Waals surface area (Å²) in [5.41, 5.74) is 2.03. The van der Waals surface area contributed by atoms with Crippen molar-refractivity contribution in [2.45, 2.75) is 33.2 Å². The predicted octanol–water partition coefficient (Wildman–Crippen LogP) is 1.93. The number of carbonyl (C=O) groups excluding carboxylic acids is 3. The lowest BCUT2D eigenvalue weighted by Gasteiger charge is -2.39. The van der Waals surface area contributed by atoms with Gasteiger partial charge in [-0.1, -0.05) is 24.3 Å². The van der Waals surface area contributed by atoms with E-state index in [1.165, 1.54) is 20.8 Å². The van der Waals surface area contributed by atoms with E-state index in [-0.39, 0.29) is 17.5 Å². The van der Waals surface area contributed by atoms with Crippen LogP contribution in [0.5, 0.6) is 0 Å². The zero-order chi connectivity index (χ0) is 14.9. The summed E-state index contributed by atoms with van der Waals surface area (Å²) < 4.78 is 0. The van der Waals surface area contributed by atoms with Crippen molar-refractivity contribution in [3.63, 3.8) is 0 Å². The Morgan fingerprint density at radius 3 is 2.25 bits per heavy atom. The van der Waals surface area contributed by atoms with Gasteiger partial charge < -0.3 is 4.90 Å². The zero-order valence-corrected chi connectivity index (χ0v) is 12.1. The molecule has 0 saturated heterocycles. The first kappa shape index (κ1) is 14.4. The molecule has 4 nitrogen and oxygen atoms in total. The van der Waals surface area contributed by atoms with E-state index in [1.54, 1.807) is 4.90 Å². The van der Waals surface area contributed by atoms with Crippen LogP contribution in [0.4, 0.5) is 0 Å². The number of nitrogens with zero attached hydrogens (tertiary/aromatic N) is 1. The summed E-state index contributed by atoms with van der Waals surface area (Å²) >= 11 is 0. The lowest BCUT2D eigenvalue weighted by atomic mass is 9.81. The van der Waals surface area contributed by atoms with E-state index in [9.17, 15) is 14.4 Å². The highest BCUT2D eigenvalue weighted by molar-refractivity contribution is 6.01. The normalized spacial score (nSPS) is 17.8. The van der Waals surface area contributed by atoms with Gasteiger partial charge in [-0.3, -0.25) is 14.4 Å². The van der Waals surface area contributed by atoms with Crippen LogP contribution in [0.15, 0.2) is 24.3 Å². The van der Waals surface area contributed by atoms with Gasteiger partial charge >= 0.3 is 0 Å². The van der Waals surface area contributed by atoms with Crippen LogP contribution in [0.2, 0.25) is 0 Å². The number of rotatable bonds is 3. The first-order valence-corrected chi connectivity index (χ1v) is 6.79. The summed E-state index contributed by atoms with van der Waals surface area (Å²) in [6.07, 6.45) is 0.759. The van der Waals surface area contributed by atoms with Gasteiger partial charge in [0.25, 0.3) is 0 Å². The number of Topliss-reactive ketones (excluding diaryl/α,β-unsaturated/α-hetero) is 2. The molecule has 1 aromatic carbocycles. The second-order valence-electron chi connectivity index (χ2n) is 5.31. The number of carbonyl (C=O) groups is 3. The van der Waals surface area contributed by atoms with Gasteiger partial charge in [-0.25, -0.2) is 0 Å². The Hall–Kier alpha value is -1.97. The van der Waals surface area contributed by atoms with Crippen molar-refractivity contribution in [3.8, 4) is 0 Å². The molecule has 0 bridgehead atoms. The van der Waals surface area contributed by atoms with Gasteiger partial charge in [0.2, 0.25) is 5.91 Å². The Bertz CT molecular complexity index is 551. The maximum atomic E-state index is 11.9. The molecule has 1 atom stereocenters. The molecule has 1 aromatic rings. The summed E-state index contributed by atoms with van der Waals surface area (Å²) in [7, 11) is 0. The molecule has 1 heterocycles. The maximum Gasteiger partial charge on any atom is 0.220 e. The number of amides is 1. The van der Waals surface area contributed by atoms with Gasteiger partial charge in [0, 0.05) is 13.5 Å². The minimum Gasteiger partial charge on any atom is -0.334 e. The molecule has 0 radical (unpaired) electrons.